The quantitative estimate of drug-likeness (QED) is 0.682. The standard InChI is InChI=1S/C19H12N4O2/c1-25-19-15-8-7-13(17(24)14(10-20)11-21)9-16(15)22-18(23-19)12-5-3-2-4-6-12/h2-9,14H,1H3. The molecule has 25 heavy (non-hydrogen) atoms. The number of hydrogen-bond donors (Lipinski definition) is 0. The minimum Gasteiger partial charge on any atom is -0.480 e. The maximum Gasteiger partial charge on any atom is 0.224 e. The molecule has 0 saturated carbocycles. The van der Waals surface area contributed by atoms with Crippen molar-refractivity contribution in [1.29, 1.82) is 10.5 Å². The van der Waals surface area contributed by atoms with Crippen LogP contribution in [0.25, 0.3) is 22.3 Å². The highest BCUT2D eigenvalue weighted by atomic mass is 16.5. The summed E-state index contributed by atoms with van der Waals surface area (Å²) in [4.78, 5) is 21.1. The van der Waals surface area contributed by atoms with Crippen molar-refractivity contribution in [1.82, 2.24) is 9.97 Å². The maximum atomic E-state index is 12.2. The Labute approximate surface area is 143 Å². The largest absolute Gasteiger partial charge is 0.480 e. The van der Waals surface area contributed by atoms with Crippen LogP contribution in [0.15, 0.2) is 48.5 Å². The fourth-order valence-corrected chi connectivity index (χ4v) is 2.44. The number of Topliss-reactive ketones (excluding diaryl/α,β-unsaturated/α-hetero) is 1. The third-order valence-corrected chi connectivity index (χ3v) is 3.69. The van der Waals surface area contributed by atoms with Gasteiger partial charge in [0.25, 0.3) is 0 Å². The Morgan fingerprint density at radius 3 is 2.44 bits per heavy atom. The number of ketones is 1. The Morgan fingerprint density at radius 1 is 1.08 bits per heavy atom. The van der Waals surface area contributed by atoms with E-state index in [4.69, 9.17) is 15.3 Å². The lowest BCUT2D eigenvalue weighted by molar-refractivity contribution is 0.0971. The van der Waals surface area contributed by atoms with E-state index >= 15 is 0 Å². The molecule has 0 fully saturated rings. The average molecular weight is 328 g/mol. The van der Waals surface area contributed by atoms with Gasteiger partial charge in [0.05, 0.1) is 30.2 Å². The van der Waals surface area contributed by atoms with Gasteiger partial charge in [-0.2, -0.15) is 15.5 Å². The molecule has 0 radical (unpaired) electrons. The molecule has 6 heteroatoms. The normalized spacial score (nSPS) is 10.2. The summed E-state index contributed by atoms with van der Waals surface area (Å²) in [5.41, 5.74) is 1.57. The van der Waals surface area contributed by atoms with Crippen molar-refractivity contribution in [2.24, 2.45) is 5.92 Å². The average Bonchev–Trinajstić information content (AvgIpc) is 2.68. The lowest BCUT2D eigenvalue weighted by atomic mass is 9.99. The molecule has 0 amide bonds. The van der Waals surface area contributed by atoms with Crippen LogP contribution >= 0.6 is 0 Å². The van der Waals surface area contributed by atoms with Gasteiger partial charge in [-0.3, -0.25) is 4.79 Å². The van der Waals surface area contributed by atoms with E-state index in [-0.39, 0.29) is 5.56 Å². The van der Waals surface area contributed by atoms with Gasteiger partial charge in [0.15, 0.2) is 17.5 Å². The molecule has 120 valence electrons. The first-order chi connectivity index (χ1) is 12.2. The molecule has 0 saturated heterocycles. The molecule has 6 nitrogen and oxygen atoms in total. The molecule has 1 heterocycles. The molecule has 0 spiro atoms. The molecule has 0 aliphatic heterocycles. The maximum absolute atomic E-state index is 12.2. The number of carbonyl (C=O) groups is 1. The summed E-state index contributed by atoms with van der Waals surface area (Å²) in [5, 5.41) is 18.5. The smallest absolute Gasteiger partial charge is 0.224 e. The monoisotopic (exact) mass is 328 g/mol. The molecule has 0 aliphatic carbocycles. The van der Waals surface area contributed by atoms with Gasteiger partial charge >= 0.3 is 0 Å². The van der Waals surface area contributed by atoms with Crippen LogP contribution in [-0.4, -0.2) is 22.9 Å². The van der Waals surface area contributed by atoms with Gasteiger partial charge in [0.1, 0.15) is 0 Å². The molecule has 0 atom stereocenters. The van der Waals surface area contributed by atoms with Crippen LogP contribution in [0.2, 0.25) is 0 Å². The fraction of sp³-hybridized carbons (Fsp3) is 0.105. The van der Waals surface area contributed by atoms with E-state index < -0.39 is 11.7 Å². The number of benzene rings is 2. The van der Waals surface area contributed by atoms with Gasteiger partial charge < -0.3 is 4.74 Å². The summed E-state index contributed by atoms with van der Waals surface area (Å²) < 4.78 is 5.34. The number of hydrogen-bond acceptors (Lipinski definition) is 6. The van der Waals surface area contributed by atoms with Crippen molar-refractivity contribution in [3.63, 3.8) is 0 Å². The van der Waals surface area contributed by atoms with Crippen molar-refractivity contribution in [2.75, 3.05) is 7.11 Å². The number of ether oxygens (including phenoxy) is 1. The Bertz CT molecular complexity index is 1020. The summed E-state index contributed by atoms with van der Waals surface area (Å²) in [5.74, 6) is -1.04. The van der Waals surface area contributed by atoms with Gasteiger partial charge in [0.2, 0.25) is 5.88 Å². The first kappa shape index (κ1) is 16.1. The van der Waals surface area contributed by atoms with E-state index in [1.807, 2.05) is 30.3 Å². The molecule has 1 aromatic heterocycles. The second-order valence-corrected chi connectivity index (χ2v) is 5.21. The van der Waals surface area contributed by atoms with Crippen molar-refractivity contribution < 1.29 is 9.53 Å². The number of rotatable bonds is 4. The van der Waals surface area contributed by atoms with E-state index in [1.165, 1.54) is 7.11 Å². The zero-order valence-corrected chi connectivity index (χ0v) is 13.3. The van der Waals surface area contributed by atoms with Gasteiger partial charge in [0, 0.05) is 11.1 Å². The zero-order chi connectivity index (χ0) is 17.8. The van der Waals surface area contributed by atoms with Crippen LogP contribution < -0.4 is 4.74 Å². The van der Waals surface area contributed by atoms with Gasteiger partial charge in [-0.25, -0.2) is 4.98 Å². The number of nitriles is 2. The number of methoxy groups -OCH3 is 1. The summed E-state index contributed by atoms with van der Waals surface area (Å²) in [7, 11) is 1.51. The number of aromatic nitrogens is 2. The van der Waals surface area contributed by atoms with Crippen molar-refractivity contribution in [3.8, 4) is 29.4 Å². The fourth-order valence-electron chi connectivity index (χ4n) is 2.44. The third kappa shape index (κ3) is 3.01. The van der Waals surface area contributed by atoms with Crippen LogP contribution in [0.4, 0.5) is 0 Å². The highest BCUT2D eigenvalue weighted by Gasteiger charge is 2.20. The van der Waals surface area contributed by atoms with Gasteiger partial charge in [-0.05, 0) is 12.1 Å². The summed E-state index contributed by atoms with van der Waals surface area (Å²) in [6.07, 6.45) is 0. The van der Waals surface area contributed by atoms with Crippen LogP contribution in [0.1, 0.15) is 10.4 Å². The lowest BCUT2D eigenvalue weighted by Gasteiger charge is -2.09. The van der Waals surface area contributed by atoms with E-state index in [0.717, 1.165) is 5.56 Å². The predicted molar refractivity (Wildman–Crippen MR) is 90.6 cm³/mol. The van der Waals surface area contributed by atoms with Crippen LogP contribution in [0.3, 0.4) is 0 Å². The highest BCUT2D eigenvalue weighted by Crippen LogP contribution is 2.27. The predicted octanol–water partition coefficient (Wildman–Crippen LogP) is 3.15. The second-order valence-electron chi connectivity index (χ2n) is 5.21. The van der Waals surface area contributed by atoms with Crippen molar-refractivity contribution >= 4 is 16.7 Å². The molecule has 2 aromatic carbocycles. The molecule has 0 bridgehead atoms. The number of fused-ring (bicyclic) bond motifs is 1. The third-order valence-electron chi connectivity index (χ3n) is 3.69. The van der Waals surface area contributed by atoms with Crippen molar-refractivity contribution in [3.05, 3.63) is 54.1 Å². The highest BCUT2D eigenvalue weighted by molar-refractivity contribution is 6.03. The number of nitrogens with zero attached hydrogens (tertiary/aromatic N) is 4. The van der Waals surface area contributed by atoms with Crippen LogP contribution in [0.5, 0.6) is 5.88 Å². The van der Waals surface area contributed by atoms with E-state index in [0.29, 0.717) is 22.6 Å². The van der Waals surface area contributed by atoms with E-state index in [2.05, 4.69) is 9.97 Å². The molecule has 0 N–H and O–H groups in total. The van der Waals surface area contributed by atoms with Crippen molar-refractivity contribution in [2.45, 2.75) is 0 Å². The second kappa shape index (κ2) is 6.77. The molecular formula is C19H12N4O2. The lowest BCUT2D eigenvalue weighted by Crippen LogP contribution is -2.11. The first-order valence-electron chi connectivity index (χ1n) is 7.42. The minimum absolute atomic E-state index is 0.250. The summed E-state index contributed by atoms with van der Waals surface area (Å²) in [6, 6.07) is 17.5. The van der Waals surface area contributed by atoms with E-state index in [9.17, 15) is 4.79 Å². The molecule has 0 unspecified atom stereocenters. The molecule has 3 rings (SSSR count). The van der Waals surface area contributed by atoms with Crippen LogP contribution in [0, 0.1) is 28.6 Å². The Kier molecular flexibility index (Phi) is 4.36. The molecular weight excluding hydrogens is 316 g/mol. The number of carbonyl (C=O) groups excluding carboxylic acids is 1. The first-order valence-corrected chi connectivity index (χ1v) is 7.42. The van der Waals surface area contributed by atoms with Gasteiger partial charge in [-0.1, -0.05) is 36.4 Å². The van der Waals surface area contributed by atoms with E-state index in [1.54, 1.807) is 30.3 Å². The zero-order valence-electron chi connectivity index (χ0n) is 13.3. The SMILES string of the molecule is COc1nc(-c2ccccc2)nc2cc(C(=O)C(C#N)C#N)ccc12. The Hall–Kier alpha value is -3.77. The molecule has 3 aromatic rings. The Balaban J connectivity index is 2.17. The topological polar surface area (TPSA) is 99.7 Å². The summed E-state index contributed by atoms with van der Waals surface area (Å²) in [6.45, 7) is 0. The molecule has 0 aliphatic rings. The van der Waals surface area contributed by atoms with Crippen LogP contribution in [-0.2, 0) is 0 Å². The van der Waals surface area contributed by atoms with Gasteiger partial charge in [-0.15, -0.1) is 0 Å². The Morgan fingerprint density at radius 2 is 1.80 bits per heavy atom. The summed E-state index contributed by atoms with van der Waals surface area (Å²) >= 11 is 0. The minimum atomic E-state index is -1.34.